The Balaban J connectivity index is 2.45. The Hall–Kier alpha value is -0.570. The van der Waals surface area contributed by atoms with Crippen molar-refractivity contribution in [2.45, 2.75) is 45.8 Å². The van der Waals surface area contributed by atoms with E-state index in [1.165, 1.54) is 0 Å². The molecule has 0 aromatic rings. The first-order valence-corrected chi connectivity index (χ1v) is 5.47. The number of carbonyl (C=O) groups excluding carboxylic acids is 1. The summed E-state index contributed by atoms with van der Waals surface area (Å²) in [5, 5.41) is 0. The lowest BCUT2D eigenvalue weighted by atomic mass is 10.0. The van der Waals surface area contributed by atoms with Crippen LogP contribution in [0.1, 0.15) is 33.6 Å². The average molecular weight is 199 g/mol. The molecule has 1 aliphatic heterocycles. The standard InChI is InChI=1S/C11H21NO2/c1-5-6-12(4)9(3)10-7-8(2)11(13)14-10/h8-10H,5-7H2,1-4H3. The zero-order valence-corrected chi connectivity index (χ0v) is 9.62. The molecule has 0 N–H and O–H groups in total. The summed E-state index contributed by atoms with van der Waals surface area (Å²) in [6, 6.07) is 0.337. The number of ether oxygens (including phenoxy) is 1. The van der Waals surface area contributed by atoms with Gasteiger partial charge < -0.3 is 9.64 Å². The second-order valence-corrected chi connectivity index (χ2v) is 4.33. The Morgan fingerprint density at radius 3 is 2.71 bits per heavy atom. The molecule has 0 amide bonds. The van der Waals surface area contributed by atoms with Gasteiger partial charge in [0.15, 0.2) is 0 Å². The SMILES string of the molecule is CCCN(C)C(C)C1CC(C)C(=O)O1. The number of likely N-dealkylation sites (N-methyl/N-ethyl adjacent to an activating group) is 1. The van der Waals surface area contributed by atoms with Crippen molar-refractivity contribution in [2.75, 3.05) is 13.6 Å². The molecule has 1 aliphatic rings. The molecule has 1 fully saturated rings. The largest absolute Gasteiger partial charge is 0.460 e. The molecule has 1 heterocycles. The fraction of sp³-hybridized carbons (Fsp3) is 0.909. The Bertz CT molecular complexity index is 205. The molecule has 1 rings (SSSR count). The van der Waals surface area contributed by atoms with Gasteiger partial charge in [0.25, 0.3) is 0 Å². The van der Waals surface area contributed by atoms with Gasteiger partial charge in [0.05, 0.1) is 5.92 Å². The van der Waals surface area contributed by atoms with Crippen molar-refractivity contribution in [3.8, 4) is 0 Å². The number of nitrogens with zero attached hydrogens (tertiary/aromatic N) is 1. The van der Waals surface area contributed by atoms with Gasteiger partial charge in [-0.05, 0) is 33.4 Å². The van der Waals surface area contributed by atoms with E-state index >= 15 is 0 Å². The zero-order valence-electron chi connectivity index (χ0n) is 9.62. The lowest BCUT2D eigenvalue weighted by Gasteiger charge is -2.28. The van der Waals surface area contributed by atoms with Crippen LogP contribution in [0.5, 0.6) is 0 Å². The lowest BCUT2D eigenvalue weighted by Crippen LogP contribution is -2.39. The summed E-state index contributed by atoms with van der Waals surface area (Å²) >= 11 is 0. The van der Waals surface area contributed by atoms with Crippen molar-refractivity contribution in [1.82, 2.24) is 4.90 Å². The van der Waals surface area contributed by atoms with Crippen LogP contribution in [0.4, 0.5) is 0 Å². The second kappa shape index (κ2) is 4.78. The molecule has 0 aliphatic carbocycles. The quantitative estimate of drug-likeness (QED) is 0.645. The number of hydrogen-bond donors (Lipinski definition) is 0. The normalized spacial score (nSPS) is 29.4. The van der Waals surface area contributed by atoms with Crippen LogP contribution in [-0.4, -0.2) is 36.6 Å². The second-order valence-electron chi connectivity index (χ2n) is 4.33. The molecule has 82 valence electrons. The predicted molar refractivity (Wildman–Crippen MR) is 56.0 cm³/mol. The van der Waals surface area contributed by atoms with E-state index in [1.807, 2.05) is 6.92 Å². The first kappa shape index (κ1) is 11.5. The minimum Gasteiger partial charge on any atom is -0.460 e. The van der Waals surface area contributed by atoms with Gasteiger partial charge in [0.2, 0.25) is 0 Å². The van der Waals surface area contributed by atoms with E-state index in [1.54, 1.807) is 0 Å². The molecule has 0 aromatic heterocycles. The van der Waals surface area contributed by atoms with Crippen molar-refractivity contribution in [3.63, 3.8) is 0 Å². The third-order valence-corrected chi connectivity index (χ3v) is 3.07. The van der Waals surface area contributed by atoms with Gasteiger partial charge in [-0.2, -0.15) is 0 Å². The maximum absolute atomic E-state index is 11.2. The molecule has 3 nitrogen and oxygen atoms in total. The van der Waals surface area contributed by atoms with Crippen LogP contribution < -0.4 is 0 Å². The summed E-state index contributed by atoms with van der Waals surface area (Å²) < 4.78 is 5.32. The number of carbonyl (C=O) groups is 1. The third-order valence-electron chi connectivity index (χ3n) is 3.07. The average Bonchev–Trinajstić information content (AvgIpc) is 2.46. The van der Waals surface area contributed by atoms with Gasteiger partial charge in [-0.3, -0.25) is 4.79 Å². The predicted octanol–water partition coefficient (Wildman–Crippen LogP) is 1.67. The van der Waals surface area contributed by atoms with Crippen LogP contribution >= 0.6 is 0 Å². The van der Waals surface area contributed by atoms with Gasteiger partial charge in [0, 0.05) is 6.04 Å². The molecule has 0 spiro atoms. The molecule has 0 radical (unpaired) electrons. The highest BCUT2D eigenvalue weighted by Gasteiger charge is 2.35. The van der Waals surface area contributed by atoms with Crippen LogP contribution in [0, 0.1) is 5.92 Å². The molecule has 3 heteroatoms. The molecular formula is C11H21NO2. The number of hydrogen-bond acceptors (Lipinski definition) is 3. The number of rotatable bonds is 4. The Morgan fingerprint density at radius 1 is 1.64 bits per heavy atom. The van der Waals surface area contributed by atoms with Crippen molar-refractivity contribution < 1.29 is 9.53 Å². The summed E-state index contributed by atoms with van der Waals surface area (Å²) in [4.78, 5) is 13.5. The van der Waals surface area contributed by atoms with Crippen LogP contribution in [0.15, 0.2) is 0 Å². The molecule has 3 unspecified atom stereocenters. The summed E-state index contributed by atoms with van der Waals surface area (Å²) in [7, 11) is 2.09. The Morgan fingerprint density at radius 2 is 2.29 bits per heavy atom. The van der Waals surface area contributed by atoms with Gasteiger partial charge in [0.1, 0.15) is 6.10 Å². The van der Waals surface area contributed by atoms with E-state index in [0.717, 1.165) is 19.4 Å². The van der Waals surface area contributed by atoms with Gasteiger partial charge in [-0.25, -0.2) is 0 Å². The van der Waals surface area contributed by atoms with E-state index in [2.05, 4.69) is 25.8 Å². The van der Waals surface area contributed by atoms with Crippen molar-refractivity contribution in [3.05, 3.63) is 0 Å². The fourth-order valence-electron chi connectivity index (χ4n) is 1.89. The zero-order chi connectivity index (χ0) is 10.7. The van der Waals surface area contributed by atoms with Crippen molar-refractivity contribution >= 4 is 5.97 Å². The topological polar surface area (TPSA) is 29.5 Å². The Kier molecular flexibility index (Phi) is 3.93. The molecule has 1 saturated heterocycles. The van der Waals surface area contributed by atoms with E-state index in [9.17, 15) is 4.79 Å². The highest BCUT2D eigenvalue weighted by Crippen LogP contribution is 2.24. The first-order chi connectivity index (χ1) is 6.56. The minimum absolute atomic E-state index is 0.0354. The molecule has 3 atom stereocenters. The highest BCUT2D eigenvalue weighted by molar-refractivity contribution is 5.74. The van der Waals surface area contributed by atoms with Gasteiger partial charge in [-0.15, -0.1) is 0 Å². The van der Waals surface area contributed by atoms with Gasteiger partial charge >= 0.3 is 5.97 Å². The van der Waals surface area contributed by atoms with Crippen LogP contribution in [0.2, 0.25) is 0 Å². The maximum Gasteiger partial charge on any atom is 0.309 e. The van der Waals surface area contributed by atoms with Crippen LogP contribution in [-0.2, 0) is 9.53 Å². The minimum atomic E-state index is -0.0354. The fourth-order valence-corrected chi connectivity index (χ4v) is 1.89. The van der Waals surface area contributed by atoms with E-state index in [-0.39, 0.29) is 18.0 Å². The number of esters is 1. The number of cyclic esters (lactones) is 1. The van der Waals surface area contributed by atoms with Crippen molar-refractivity contribution in [1.29, 1.82) is 0 Å². The van der Waals surface area contributed by atoms with Crippen LogP contribution in [0.25, 0.3) is 0 Å². The smallest absolute Gasteiger partial charge is 0.309 e. The highest BCUT2D eigenvalue weighted by atomic mass is 16.6. The maximum atomic E-state index is 11.2. The van der Waals surface area contributed by atoms with E-state index in [0.29, 0.717) is 6.04 Å². The molecular weight excluding hydrogens is 178 g/mol. The van der Waals surface area contributed by atoms with E-state index < -0.39 is 0 Å². The molecule has 14 heavy (non-hydrogen) atoms. The summed E-state index contributed by atoms with van der Waals surface area (Å²) in [5.41, 5.74) is 0. The van der Waals surface area contributed by atoms with Crippen molar-refractivity contribution in [2.24, 2.45) is 5.92 Å². The Labute approximate surface area is 86.4 Å². The lowest BCUT2D eigenvalue weighted by molar-refractivity contribution is -0.145. The summed E-state index contributed by atoms with van der Waals surface area (Å²) in [6.45, 7) is 7.29. The summed E-state index contributed by atoms with van der Waals surface area (Å²) in [5.74, 6) is 0.0456. The molecule has 0 bridgehead atoms. The monoisotopic (exact) mass is 199 g/mol. The van der Waals surface area contributed by atoms with Crippen LogP contribution in [0.3, 0.4) is 0 Å². The first-order valence-electron chi connectivity index (χ1n) is 5.47. The molecule has 0 aromatic carbocycles. The van der Waals surface area contributed by atoms with E-state index in [4.69, 9.17) is 4.74 Å². The summed E-state index contributed by atoms with van der Waals surface area (Å²) in [6.07, 6.45) is 2.10. The molecule has 0 saturated carbocycles. The third kappa shape index (κ3) is 2.47. The van der Waals surface area contributed by atoms with Gasteiger partial charge in [-0.1, -0.05) is 13.8 Å².